The number of hydrogen-bond acceptors (Lipinski definition) is 2. The lowest BCUT2D eigenvalue weighted by Gasteiger charge is -2.10. The maximum atomic E-state index is 13.4. The first kappa shape index (κ1) is 12.4. The number of Topliss-reactive ketones (excluding diaryl/α,β-unsaturated/α-hetero) is 1. The molecule has 0 saturated carbocycles. The molecule has 0 heterocycles. The Kier molecular flexibility index (Phi) is 3.48. The summed E-state index contributed by atoms with van der Waals surface area (Å²) in [7, 11) is 0. The van der Waals surface area contributed by atoms with Gasteiger partial charge in [-0.25, -0.2) is 8.78 Å². The van der Waals surface area contributed by atoms with E-state index in [4.69, 9.17) is 0 Å². The Bertz CT molecular complexity index is 567. The number of rotatable bonds is 3. The van der Waals surface area contributed by atoms with Crippen LogP contribution in [0.1, 0.15) is 22.0 Å². The third-order valence-corrected chi connectivity index (χ3v) is 2.56. The number of carbonyl (C=O) groups excluding carboxylic acids is 1. The van der Waals surface area contributed by atoms with Gasteiger partial charge < -0.3 is 5.11 Å². The molecule has 2 aromatic rings. The summed E-state index contributed by atoms with van der Waals surface area (Å²) >= 11 is 0. The van der Waals surface area contributed by atoms with Gasteiger partial charge in [-0.3, -0.25) is 4.79 Å². The predicted molar refractivity (Wildman–Crippen MR) is 62.1 cm³/mol. The third-order valence-electron chi connectivity index (χ3n) is 2.56. The summed E-state index contributed by atoms with van der Waals surface area (Å²) in [5.74, 6) is -2.54. The molecule has 0 aliphatic heterocycles. The molecule has 0 amide bonds. The van der Waals surface area contributed by atoms with Gasteiger partial charge in [-0.15, -0.1) is 0 Å². The van der Waals surface area contributed by atoms with Crippen molar-refractivity contribution in [2.75, 3.05) is 0 Å². The van der Waals surface area contributed by atoms with Gasteiger partial charge in [0.2, 0.25) is 0 Å². The molecule has 1 unspecified atom stereocenters. The van der Waals surface area contributed by atoms with Crippen LogP contribution in [0.3, 0.4) is 0 Å². The molecule has 1 atom stereocenters. The Morgan fingerprint density at radius 2 is 1.72 bits per heavy atom. The number of hydrogen-bond donors (Lipinski definition) is 1. The fraction of sp³-hybridized carbons (Fsp3) is 0.0714. The van der Waals surface area contributed by atoms with E-state index in [-0.39, 0.29) is 5.56 Å². The third kappa shape index (κ3) is 2.43. The van der Waals surface area contributed by atoms with Crippen molar-refractivity contribution in [3.63, 3.8) is 0 Å². The van der Waals surface area contributed by atoms with Gasteiger partial charge in [0, 0.05) is 6.07 Å². The molecule has 0 aliphatic carbocycles. The monoisotopic (exact) mass is 248 g/mol. The minimum absolute atomic E-state index is 0.326. The summed E-state index contributed by atoms with van der Waals surface area (Å²) in [6.07, 6.45) is -1.45. The quantitative estimate of drug-likeness (QED) is 0.848. The molecular formula is C14H10F2O2. The van der Waals surface area contributed by atoms with E-state index in [1.54, 1.807) is 30.3 Å². The molecule has 2 aromatic carbocycles. The van der Waals surface area contributed by atoms with Crippen molar-refractivity contribution < 1.29 is 18.7 Å². The van der Waals surface area contributed by atoms with Crippen molar-refractivity contribution in [3.05, 3.63) is 71.3 Å². The highest BCUT2D eigenvalue weighted by Crippen LogP contribution is 2.20. The molecule has 0 aliphatic rings. The van der Waals surface area contributed by atoms with Crippen LogP contribution in [0.2, 0.25) is 0 Å². The molecule has 4 heteroatoms. The molecule has 2 nitrogen and oxygen atoms in total. The molecule has 18 heavy (non-hydrogen) atoms. The highest BCUT2D eigenvalue weighted by atomic mass is 19.1. The SMILES string of the molecule is O=C(c1ccc(F)cc1F)C(O)c1ccccc1. The molecule has 0 aromatic heterocycles. The molecule has 0 bridgehead atoms. The van der Waals surface area contributed by atoms with E-state index >= 15 is 0 Å². The Morgan fingerprint density at radius 1 is 1.06 bits per heavy atom. The highest BCUT2D eigenvalue weighted by molar-refractivity contribution is 6.00. The van der Waals surface area contributed by atoms with Crippen LogP contribution in [0.4, 0.5) is 8.78 Å². The summed E-state index contributed by atoms with van der Waals surface area (Å²) in [5.41, 5.74) is 0.0407. The molecule has 92 valence electrons. The summed E-state index contributed by atoms with van der Waals surface area (Å²) in [4.78, 5) is 11.9. The van der Waals surface area contributed by atoms with Crippen LogP contribution in [0.5, 0.6) is 0 Å². The highest BCUT2D eigenvalue weighted by Gasteiger charge is 2.22. The van der Waals surface area contributed by atoms with Gasteiger partial charge >= 0.3 is 0 Å². The van der Waals surface area contributed by atoms with Gasteiger partial charge in [-0.05, 0) is 17.7 Å². The first-order chi connectivity index (χ1) is 8.59. The normalized spacial score (nSPS) is 12.2. The Morgan fingerprint density at radius 3 is 2.33 bits per heavy atom. The van der Waals surface area contributed by atoms with E-state index in [1.807, 2.05) is 0 Å². The summed E-state index contributed by atoms with van der Waals surface area (Å²) in [5, 5.41) is 9.83. The van der Waals surface area contributed by atoms with Crippen LogP contribution in [0.15, 0.2) is 48.5 Å². The molecule has 0 saturated heterocycles. The standard InChI is InChI=1S/C14H10F2O2/c15-10-6-7-11(12(16)8-10)14(18)13(17)9-4-2-1-3-5-9/h1-8,13,17H. The summed E-state index contributed by atoms with van der Waals surface area (Å²) < 4.78 is 26.1. The second-order valence-electron chi connectivity index (χ2n) is 3.80. The van der Waals surface area contributed by atoms with Crippen molar-refractivity contribution in [1.82, 2.24) is 0 Å². The zero-order valence-electron chi connectivity index (χ0n) is 9.31. The second-order valence-corrected chi connectivity index (χ2v) is 3.80. The van der Waals surface area contributed by atoms with Crippen molar-refractivity contribution in [2.45, 2.75) is 6.10 Å². The van der Waals surface area contributed by atoms with Crippen molar-refractivity contribution >= 4 is 5.78 Å². The average molecular weight is 248 g/mol. The average Bonchev–Trinajstić information content (AvgIpc) is 2.38. The Labute approximate surface area is 103 Å². The molecular weight excluding hydrogens is 238 g/mol. The molecule has 0 fully saturated rings. The van der Waals surface area contributed by atoms with Crippen LogP contribution in [0, 0.1) is 11.6 Å². The fourth-order valence-electron chi connectivity index (χ4n) is 1.62. The fourth-order valence-corrected chi connectivity index (χ4v) is 1.62. The number of benzene rings is 2. The van der Waals surface area contributed by atoms with E-state index in [0.717, 1.165) is 12.1 Å². The van der Waals surface area contributed by atoms with E-state index in [2.05, 4.69) is 0 Å². The van der Waals surface area contributed by atoms with Gasteiger partial charge in [-0.1, -0.05) is 30.3 Å². The minimum atomic E-state index is -1.45. The topological polar surface area (TPSA) is 37.3 Å². The first-order valence-electron chi connectivity index (χ1n) is 5.32. The van der Waals surface area contributed by atoms with E-state index in [1.165, 1.54) is 0 Å². The lowest BCUT2D eigenvalue weighted by atomic mass is 10.00. The van der Waals surface area contributed by atoms with Crippen LogP contribution in [-0.4, -0.2) is 10.9 Å². The number of aliphatic hydroxyl groups excluding tert-OH is 1. The second kappa shape index (κ2) is 5.06. The van der Waals surface area contributed by atoms with Crippen molar-refractivity contribution in [2.24, 2.45) is 0 Å². The van der Waals surface area contributed by atoms with Gasteiger partial charge in [0.05, 0.1) is 5.56 Å². The minimum Gasteiger partial charge on any atom is -0.380 e. The van der Waals surface area contributed by atoms with E-state index in [9.17, 15) is 18.7 Å². The van der Waals surface area contributed by atoms with Gasteiger partial charge in [0.25, 0.3) is 0 Å². The van der Waals surface area contributed by atoms with Gasteiger partial charge in [-0.2, -0.15) is 0 Å². The smallest absolute Gasteiger partial charge is 0.198 e. The molecule has 0 spiro atoms. The lowest BCUT2D eigenvalue weighted by Crippen LogP contribution is -2.14. The van der Waals surface area contributed by atoms with Crippen LogP contribution in [-0.2, 0) is 0 Å². The van der Waals surface area contributed by atoms with Crippen molar-refractivity contribution in [1.29, 1.82) is 0 Å². The summed E-state index contributed by atoms with van der Waals surface area (Å²) in [6.45, 7) is 0. The zero-order chi connectivity index (χ0) is 13.1. The van der Waals surface area contributed by atoms with Gasteiger partial charge in [0.1, 0.15) is 17.7 Å². The van der Waals surface area contributed by atoms with Gasteiger partial charge in [0.15, 0.2) is 5.78 Å². The lowest BCUT2D eigenvalue weighted by molar-refractivity contribution is 0.0743. The van der Waals surface area contributed by atoms with Crippen LogP contribution >= 0.6 is 0 Å². The molecule has 0 radical (unpaired) electrons. The number of carbonyl (C=O) groups is 1. The van der Waals surface area contributed by atoms with Crippen LogP contribution in [0.25, 0.3) is 0 Å². The number of halogens is 2. The van der Waals surface area contributed by atoms with E-state index in [0.29, 0.717) is 11.6 Å². The maximum absolute atomic E-state index is 13.4. The maximum Gasteiger partial charge on any atom is 0.198 e. The van der Waals surface area contributed by atoms with E-state index < -0.39 is 23.5 Å². The predicted octanol–water partition coefficient (Wildman–Crippen LogP) is 2.88. The van der Waals surface area contributed by atoms with Crippen LogP contribution < -0.4 is 0 Å². The zero-order valence-corrected chi connectivity index (χ0v) is 9.31. The first-order valence-corrected chi connectivity index (χ1v) is 5.32. The molecule has 2 rings (SSSR count). The Hall–Kier alpha value is -2.07. The largest absolute Gasteiger partial charge is 0.380 e. The molecule has 1 N–H and O–H groups in total. The number of ketones is 1. The Balaban J connectivity index is 2.32. The summed E-state index contributed by atoms with van der Waals surface area (Å²) in [6, 6.07) is 10.8. The van der Waals surface area contributed by atoms with Crippen molar-refractivity contribution in [3.8, 4) is 0 Å². The number of aliphatic hydroxyl groups is 1.